The summed E-state index contributed by atoms with van der Waals surface area (Å²) < 4.78 is 33.1. The summed E-state index contributed by atoms with van der Waals surface area (Å²) in [6, 6.07) is 9.35. The Morgan fingerprint density at radius 1 is 1.10 bits per heavy atom. The highest BCUT2D eigenvalue weighted by atomic mass is 32.1. The van der Waals surface area contributed by atoms with Crippen LogP contribution in [0.5, 0.6) is 0 Å². The first-order chi connectivity index (χ1) is 14.5. The summed E-state index contributed by atoms with van der Waals surface area (Å²) >= 11 is 2.79. The third kappa shape index (κ3) is 3.33. The molecule has 5 aromatic rings. The zero-order valence-electron chi connectivity index (χ0n) is 15.4. The molecule has 0 unspecified atom stereocenters. The molecule has 0 saturated carbocycles. The molecule has 12 heteroatoms. The van der Waals surface area contributed by atoms with Gasteiger partial charge in [0.05, 0.1) is 27.3 Å². The number of nitrogen functional groups attached to an aromatic ring is 1. The van der Waals surface area contributed by atoms with E-state index in [0.29, 0.717) is 10.0 Å². The monoisotopic (exact) mass is 445 g/mol. The highest BCUT2D eigenvalue weighted by molar-refractivity contribution is 7.22. The van der Waals surface area contributed by atoms with Gasteiger partial charge < -0.3 is 10.2 Å². The van der Waals surface area contributed by atoms with E-state index in [1.54, 1.807) is 10.7 Å². The summed E-state index contributed by atoms with van der Waals surface area (Å²) in [6.45, 7) is 1.97. The van der Waals surface area contributed by atoms with Gasteiger partial charge in [-0.25, -0.2) is 9.67 Å². The average Bonchev–Trinajstić information content (AvgIpc) is 3.51. The zero-order valence-corrected chi connectivity index (χ0v) is 17.0. The Balaban J connectivity index is 1.39. The summed E-state index contributed by atoms with van der Waals surface area (Å²) in [4.78, 5) is 5.82. The van der Waals surface area contributed by atoms with Crippen molar-refractivity contribution in [3.05, 3.63) is 47.3 Å². The molecule has 0 aliphatic heterocycles. The first-order valence-corrected chi connectivity index (χ1v) is 10.4. The number of nitrogens with zero attached hydrogens (tertiary/aromatic N) is 6. The Labute approximate surface area is 176 Å². The number of rotatable bonds is 5. The van der Waals surface area contributed by atoms with Crippen LogP contribution in [-0.2, 0) is 0 Å². The van der Waals surface area contributed by atoms with Gasteiger partial charge in [0.25, 0.3) is 11.8 Å². The molecule has 0 aliphatic carbocycles. The van der Waals surface area contributed by atoms with Gasteiger partial charge in [-0.15, -0.1) is 26.6 Å². The molecule has 1 atom stereocenters. The van der Waals surface area contributed by atoms with Gasteiger partial charge in [0.2, 0.25) is 0 Å². The van der Waals surface area contributed by atoms with Gasteiger partial charge in [0.1, 0.15) is 5.69 Å². The highest BCUT2D eigenvalue weighted by Gasteiger charge is 2.20. The van der Waals surface area contributed by atoms with Gasteiger partial charge in [0, 0.05) is 10.4 Å². The summed E-state index contributed by atoms with van der Waals surface area (Å²) in [6.07, 6.45) is -0.934. The number of anilines is 1. The number of thiazole rings is 1. The molecular weight excluding hydrogens is 432 g/mol. The summed E-state index contributed by atoms with van der Waals surface area (Å²) in [5.74, 6) is -0.612. The van der Waals surface area contributed by atoms with E-state index in [0.717, 1.165) is 26.4 Å². The van der Waals surface area contributed by atoms with Crippen molar-refractivity contribution in [1.82, 2.24) is 30.2 Å². The SMILES string of the molecule is C[C@H](c1ccc(-c2nnc(C(F)F)o2)s1)n1cc(-c2ccc3nc(N)sc3c2)nn1. The lowest BCUT2D eigenvalue weighted by Crippen LogP contribution is -2.05. The van der Waals surface area contributed by atoms with Crippen LogP contribution in [0.4, 0.5) is 13.9 Å². The van der Waals surface area contributed by atoms with Gasteiger partial charge in [-0.2, -0.15) is 8.78 Å². The van der Waals surface area contributed by atoms with E-state index in [4.69, 9.17) is 10.2 Å². The van der Waals surface area contributed by atoms with E-state index in [-0.39, 0.29) is 11.9 Å². The topological polar surface area (TPSA) is 109 Å². The maximum absolute atomic E-state index is 12.7. The molecule has 0 saturated heterocycles. The molecule has 0 spiro atoms. The Hall–Kier alpha value is -3.25. The van der Waals surface area contributed by atoms with Gasteiger partial charge in [-0.3, -0.25) is 0 Å². The Morgan fingerprint density at radius 2 is 1.97 bits per heavy atom. The lowest BCUT2D eigenvalue weighted by molar-refractivity contribution is 0.116. The number of nitrogens with two attached hydrogens (primary N) is 1. The molecule has 5 rings (SSSR count). The Kier molecular flexibility index (Phi) is 4.51. The molecule has 2 N–H and O–H groups in total. The third-order valence-corrected chi connectivity index (χ3v) is 6.58. The Morgan fingerprint density at radius 3 is 2.77 bits per heavy atom. The van der Waals surface area contributed by atoms with E-state index in [1.165, 1.54) is 22.7 Å². The second-order valence-electron chi connectivity index (χ2n) is 6.44. The predicted molar refractivity (Wildman–Crippen MR) is 109 cm³/mol. The van der Waals surface area contributed by atoms with Crippen molar-refractivity contribution < 1.29 is 13.2 Å². The van der Waals surface area contributed by atoms with Crippen LogP contribution in [0.3, 0.4) is 0 Å². The van der Waals surface area contributed by atoms with E-state index in [2.05, 4.69) is 25.5 Å². The van der Waals surface area contributed by atoms with Crippen LogP contribution in [0.15, 0.2) is 40.9 Å². The fraction of sp³-hybridized carbons (Fsp3) is 0.167. The molecule has 4 aromatic heterocycles. The average molecular weight is 445 g/mol. The molecule has 152 valence electrons. The molecular formula is C18H13F2N7OS2. The summed E-state index contributed by atoms with van der Waals surface area (Å²) in [5.41, 5.74) is 8.27. The molecule has 8 nitrogen and oxygen atoms in total. The van der Waals surface area contributed by atoms with Crippen molar-refractivity contribution in [2.75, 3.05) is 5.73 Å². The lowest BCUT2D eigenvalue weighted by atomic mass is 10.1. The third-order valence-electron chi connectivity index (χ3n) is 4.48. The van der Waals surface area contributed by atoms with Crippen molar-refractivity contribution in [2.45, 2.75) is 19.4 Å². The van der Waals surface area contributed by atoms with Crippen LogP contribution in [0.1, 0.15) is 30.2 Å². The number of aromatic nitrogens is 6. The maximum atomic E-state index is 12.7. The molecule has 0 aliphatic rings. The number of halogens is 2. The first-order valence-electron chi connectivity index (χ1n) is 8.78. The predicted octanol–water partition coefficient (Wildman–Crippen LogP) is 4.80. The van der Waals surface area contributed by atoms with Crippen molar-refractivity contribution >= 4 is 38.0 Å². The van der Waals surface area contributed by atoms with Gasteiger partial charge in [0.15, 0.2) is 5.13 Å². The van der Waals surface area contributed by atoms with Crippen molar-refractivity contribution in [2.24, 2.45) is 0 Å². The second-order valence-corrected chi connectivity index (χ2v) is 8.62. The maximum Gasteiger partial charge on any atom is 0.314 e. The standard InChI is InChI=1S/C18H13F2N7OS2/c1-8(12-4-5-13(29-12)16-24-25-17(28-16)15(19)20)27-7-11(23-26-27)9-2-3-10-14(6-9)30-18(21)22-10/h2-8,15H,1H3,(H2,21,22)/t8-/m1/s1. The largest absolute Gasteiger partial charge is 0.414 e. The number of alkyl halides is 2. The van der Waals surface area contributed by atoms with Crippen LogP contribution >= 0.6 is 22.7 Å². The van der Waals surface area contributed by atoms with Crippen LogP contribution in [0.2, 0.25) is 0 Å². The smallest absolute Gasteiger partial charge is 0.314 e. The molecule has 30 heavy (non-hydrogen) atoms. The van der Waals surface area contributed by atoms with Crippen LogP contribution in [-0.4, -0.2) is 30.2 Å². The number of benzene rings is 1. The molecule has 4 heterocycles. The number of hydrogen-bond donors (Lipinski definition) is 1. The summed E-state index contributed by atoms with van der Waals surface area (Å²) in [7, 11) is 0. The molecule has 1 aromatic carbocycles. The second kappa shape index (κ2) is 7.22. The van der Waals surface area contributed by atoms with E-state index >= 15 is 0 Å². The zero-order chi connectivity index (χ0) is 20.8. The molecule has 0 radical (unpaired) electrons. The van der Waals surface area contributed by atoms with Gasteiger partial charge in [-0.05, 0) is 31.2 Å². The fourth-order valence-corrected chi connectivity index (χ4v) is 4.69. The van der Waals surface area contributed by atoms with Crippen molar-refractivity contribution in [1.29, 1.82) is 0 Å². The van der Waals surface area contributed by atoms with E-state index in [9.17, 15) is 8.78 Å². The summed E-state index contributed by atoms with van der Waals surface area (Å²) in [5, 5.41) is 16.1. The number of hydrogen-bond acceptors (Lipinski definition) is 9. The lowest BCUT2D eigenvalue weighted by Gasteiger charge is -2.08. The molecule has 0 amide bonds. The van der Waals surface area contributed by atoms with Gasteiger partial charge >= 0.3 is 6.43 Å². The minimum Gasteiger partial charge on any atom is -0.414 e. The minimum absolute atomic E-state index is 0.0742. The van der Waals surface area contributed by atoms with E-state index in [1.807, 2.05) is 37.4 Å². The van der Waals surface area contributed by atoms with Crippen LogP contribution in [0.25, 0.3) is 32.2 Å². The van der Waals surface area contributed by atoms with Gasteiger partial charge in [-0.1, -0.05) is 22.6 Å². The fourth-order valence-electron chi connectivity index (χ4n) is 2.95. The van der Waals surface area contributed by atoms with Crippen LogP contribution in [0, 0.1) is 0 Å². The van der Waals surface area contributed by atoms with E-state index < -0.39 is 12.3 Å². The highest BCUT2D eigenvalue weighted by Crippen LogP contribution is 2.34. The van der Waals surface area contributed by atoms with Crippen molar-refractivity contribution in [3.8, 4) is 22.0 Å². The molecule has 0 bridgehead atoms. The normalized spacial score (nSPS) is 12.8. The van der Waals surface area contributed by atoms with Crippen LogP contribution < -0.4 is 5.73 Å². The number of thiophene rings is 1. The minimum atomic E-state index is -2.79. The number of fused-ring (bicyclic) bond motifs is 1. The molecule has 0 fully saturated rings. The van der Waals surface area contributed by atoms with Crippen molar-refractivity contribution in [3.63, 3.8) is 0 Å². The Bertz CT molecular complexity index is 1340. The quantitative estimate of drug-likeness (QED) is 0.414. The first kappa shape index (κ1) is 18.8.